The molecule has 17 heavy (non-hydrogen) atoms. The Kier molecular flexibility index (Phi) is 4.94. The maximum absolute atomic E-state index is 13.7. The predicted molar refractivity (Wildman–Crippen MR) is 72.0 cm³/mol. The third-order valence-electron chi connectivity index (χ3n) is 2.39. The van der Waals surface area contributed by atoms with E-state index in [9.17, 15) is 12.8 Å². The summed E-state index contributed by atoms with van der Waals surface area (Å²) in [6.07, 6.45) is 1.17. The van der Waals surface area contributed by atoms with Crippen LogP contribution in [0.15, 0.2) is 18.2 Å². The molecule has 0 radical (unpaired) electrons. The Morgan fingerprint density at radius 1 is 1.41 bits per heavy atom. The van der Waals surface area contributed by atoms with Crippen LogP contribution in [0.2, 0.25) is 0 Å². The van der Waals surface area contributed by atoms with E-state index >= 15 is 0 Å². The van der Waals surface area contributed by atoms with E-state index in [0.29, 0.717) is 11.0 Å². The fourth-order valence-electron chi connectivity index (χ4n) is 1.51. The largest absolute Gasteiger partial charge is 0.371 e. The average molecular weight is 324 g/mol. The Balaban J connectivity index is 2.92. The smallest absolute Gasteiger partial charge is 0.149 e. The number of alkyl halides is 1. The van der Waals surface area contributed by atoms with Crippen molar-refractivity contribution in [2.24, 2.45) is 0 Å². The number of para-hydroxylation sites is 1. The van der Waals surface area contributed by atoms with Crippen LogP contribution in [0, 0.1) is 5.82 Å². The van der Waals surface area contributed by atoms with Gasteiger partial charge in [-0.25, -0.2) is 12.8 Å². The molecule has 1 rings (SSSR count). The van der Waals surface area contributed by atoms with Gasteiger partial charge in [-0.15, -0.1) is 0 Å². The monoisotopic (exact) mass is 323 g/mol. The van der Waals surface area contributed by atoms with Crippen molar-refractivity contribution < 1.29 is 12.8 Å². The lowest BCUT2D eigenvalue weighted by Crippen LogP contribution is -2.26. The van der Waals surface area contributed by atoms with Crippen molar-refractivity contribution in [3.05, 3.63) is 29.6 Å². The Morgan fingerprint density at radius 2 is 2.06 bits per heavy atom. The molecule has 0 amide bonds. The normalized spacial score (nSPS) is 11.5. The van der Waals surface area contributed by atoms with E-state index in [1.165, 1.54) is 12.3 Å². The Bertz CT molecular complexity index is 490. The summed E-state index contributed by atoms with van der Waals surface area (Å²) in [4.78, 5) is 1.63. The van der Waals surface area contributed by atoms with Gasteiger partial charge >= 0.3 is 0 Å². The maximum Gasteiger partial charge on any atom is 0.149 e. The third-order valence-corrected chi connectivity index (χ3v) is 3.92. The first-order chi connectivity index (χ1) is 7.85. The quantitative estimate of drug-likeness (QED) is 0.779. The van der Waals surface area contributed by atoms with E-state index < -0.39 is 9.84 Å². The zero-order valence-electron chi connectivity index (χ0n) is 9.78. The predicted octanol–water partition coefficient (Wildman–Crippen LogP) is 2.20. The molecule has 96 valence electrons. The molecule has 0 N–H and O–H groups in total. The van der Waals surface area contributed by atoms with Crippen molar-refractivity contribution >= 4 is 31.5 Å². The molecule has 1 aromatic carbocycles. The highest BCUT2D eigenvalue weighted by Gasteiger charge is 2.13. The van der Waals surface area contributed by atoms with E-state index in [1.807, 2.05) is 6.07 Å². The molecule has 0 aliphatic carbocycles. The van der Waals surface area contributed by atoms with E-state index in [-0.39, 0.29) is 18.1 Å². The number of anilines is 1. The van der Waals surface area contributed by atoms with Gasteiger partial charge in [0.05, 0.1) is 11.4 Å². The summed E-state index contributed by atoms with van der Waals surface area (Å²) in [6.45, 7) is 0.278. The highest BCUT2D eigenvalue weighted by molar-refractivity contribution is 9.08. The zero-order valence-corrected chi connectivity index (χ0v) is 12.2. The molecule has 0 heterocycles. The van der Waals surface area contributed by atoms with Crippen LogP contribution in [0.5, 0.6) is 0 Å². The summed E-state index contributed by atoms with van der Waals surface area (Å²) in [5.74, 6) is -0.322. The summed E-state index contributed by atoms with van der Waals surface area (Å²) < 4.78 is 35.8. The van der Waals surface area contributed by atoms with Gasteiger partial charge in [-0.05, 0) is 11.6 Å². The van der Waals surface area contributed by atoms with Crippen molar-refractivity contribution in [3.8, 4) is 0 Å². The summed E-state index contributed by atoms with van der Waals surface area (Å²) in [7, 11) is -1.35. The minimum Gasteiger partial charge on any atom is -0.371 e. The maximum atomic E-state index is 13.7. The number of sulfone groups is 1. The van der Waals surface area contributed by atoms with Gasteiger partial charge in [0.1, 0.15) is 15.7 Å². The van der Waals surface area contributed by atoms with Gasteiger partial charge in [0.15, 0.2) is 0 Å². The zero-order chi connectivity index (χ0) is 13.1. The van der Waals surface area contributed by atoms with Gasteiger partial charge in [0.25, 0.3) is 0 Å². The Morgan fingerprint density at radius 3 is 2.59 bits per heavy atom. The molecule has 3 nitrogen and oxygen atoms in total. The van der Waals surface area contributed by atoms with Crippen molar-refractivity contribution in [2.75, 3.05) is 30.5 Å². The summed E-state index contributed by atoms with van der Waals surface area (Å²) in [5.41, 5.74) is 1.26. The molecule has 0 aromatic heterocycles. The molecule has 0 aliphatic heterocycles. The van der Waals surface area contributed by atoms with Crippen LogP contribution in [-0.2, 0) is 15.2 Å². The van der Waals surface area contributed by atoms with Crippen molar-refractivity contribution in [3.63, 3.8) is 0 Å². The van der Waals surface area contributed by atoms with Crippen molar-refractivity contribution in [2.45, 2.75) is 5.33 Å². The van der Waals surface area contributed by atoms with Gasteiger partial charge in [-0.2, -0.15) is 0 Å². The van der Waals surface area contributed by atoms with Crippen LogP contribution >= 0.6 is 15.9 Å². The lowest BCUT2D eigenvalue weighted by Gasteiger charge is -2.22. The highest BCUT2D eigenvalue weighted by atomic mass is 79.9. The first kappa shape index (κ1) is 14.4. The van der Waals surface area contributed by atoms with Crippen LogP contribution in [0.3, 0.4) is 0 Å². The molecule has 0 saturated carbocycles. The van der Waals surface area contributed by atoms with E-state index in [4.69, 9.17) is 0 Å². The van der Waals surface area contributed by atoms with Gasteiger partial charge in [-0.1, -0.05) is 28.1 Å². The van der Waals surface area contributed by atoms with E-state index in [0.717, 1.165) is 5.56 Å². The minimum absolute atomic E-state index is 0.0135. The molecule has 0 bridgehead atoms. The molecular formula is C11H15BrFNO2S. The number of halogens is 2. The van der Waals surface area contributed by atoms with Crippen LogP contribution in [0.4, 0.5) is 10.1 Å². The molecule has 0 saturated heterocycles. The number of hydrogen-bond acceptors (Lipinski definition) is 3. The van der Waals surface area contributed by atoms with Gasteiger partial charge in [-0.3, -0.25) is 0 Å². The Labute approximate surface area is 110 Å². The first-order valence-corrected chi connectivity index (χ1v) is 8.25. The SMILES string of the molecule is CN(CCS(C)(=O)=O)c1c(F)cccc1CBr. The minimum atomic E-state index is -3.04. The standard InChI is InChI=1S/C11H15BrFNO2S/c1-14(6-7-17(2,15)16)11-9(8-12)4-3-5-10(11)13/h3-5H,6-8H2,1-2H3. The number of rotatable bonds is 5. The summed E-state index contributed by atoms with van der Waals surface area (Å²) in [5, 5.41) is 0.531. The fourth-order valence-corrected chi connectivity index (χ4v) is 2.57. The lowest BCUT2D eigenvalue weighted by atomic mass is 10.2. The van der Waals surface area contributed by atoms with E-state index in [2.05, 4.69) is 15.9 Å². The highest BCUT2D eigenvalue weighted by Crippen LogP contribution is 2.25. The van der Waals surface area contributed by atoms with Crippen molar-refractivity contribution in [1.82, 2.24) is 0 Å². The van der Waals surface area contributed by atoms with Gasteiger partial charge < -0.3 is 4.90 Å². The molecule has 0 spiro atoms. The second kappa shape index (κ2) is 5.82. The van der Waals surface area contributed by atoms with Gasteiger partial charge in [0.2, 0.25) is 0 Å². The topological polar surface area (TPSA) is 37.4 Å². The molecule has 0 aliphatic rings. The first-order valence-electron chi connectivity index (χ1n) is 5.07. The average Bonchev–Trinajstić information content (AvgIpc) is 2.24. The van der Waals surface area contributed by atoms with Crippen LogP contribution in [0.1, 0.15) is 5.56 Å². The molecule has 0 atom stereocenters. The number of benzene rings is 1. The summed E-state index contributed by atoms with van der Waals surface area (Å²) >= 11 is 3.29. The van der Waals surface area contributed by atoms with E-state index in [1.54, 1.807) is 18.0 Å². The number of nitrogens with zero attached hydrogens (tertiary/aromatic N) is 1. The second-order valence-electron chi connectivity index (χ2n) is 3.93. The fraction of sp³-hybridized carbons (Fsp3) is 0.455. The molecule has 0 fully saturated rings. The number of hydrogen-bond donors (Lipinski definition) is 0. The lowest BCUT2D eigenvalue weighted by molar-refractivity contribution is 0.599. The molecule has 0 unspecified atom stereocenters. The van der Waals surface area contributed by atoms with Crippen LogP contribution in [0.25, 0.3) is 0 Å². The third kappa shape index (κ3) is 4.27. The second-order valence-corrected chi connectivity index (χ2v) is 6.75. The molecule has 1 aromatic rings. The Hall–Kier alpha value is -0.620. The molecule has 6 heteroatoms. The van der Waals surface area contributed by atoms with Crippen molar-refractivity contribution in [1.29, 1.82) is 0 Å². The molecular weight excluding hydrogens is 309 g/mol. The van der Waals surface area contributed by atoms with Gasteiger partial charge in [0, 0.05) is 25.2 Å². The summed E-state index contributed by atoms with van der Waals surface area (Å²) in [6, 6.07) is 4.82. The van der Waals surface area contributed by atoms with Crippen LogP contribution < -0.4 is 4.90 Å². The van der Waals surface area contributed by atoms with Crippen LogP contribution in [-0.4, -0.2) is 34.0 Å².